The molecule has 640 valence electrons. The van der Waals surface area contributed by atoms with Gasteiger partial charge in [-0.25, -0.2) is 0 Å². The lowest BCUT2D eigenvalue weighted by Crippen LogP contribution is -2.68. The highest BCUT2D eigenvalue weighted by Gasteiger charge is 2.46. The Morgan fingerprint density at radius 3 is 0.956 bits per heavy atom. The number of hydrogen-bond acceptors (Lipinski definition) is 19. The number of hydrogen-bond donors (Lipinski definition) is 19. The highest BCUT2D eigenvalue weighted by Crippen LogP contribution is 2.29. The molecule has 0 unspecified atom stereocenters. The van der Waals surface area contributed by atoms with Gasteiger partial charge in [0.25, 0.3) is 0 Å². The molecule has 0 fully saturated rings. The van der Waals surface area contributed by atoms with E-state index in [1.807, 2.05) is 38.1 Å². The first-order valence-electron chi connectivity index (χ1n) is 38.3. The van der Waals surface area contributed by atoms with Crippen molar-refractivity contribution in [3.05, 3.63) is 35.4 Å². The van der Waals surface area contributed by atoms with Crippen LogP contribution < -0.4 is 97.0 Å². The Morgan fingerprint density at radius 2 is 0.632 bits per heavy atom. The normalized spacial score (nSPS) is 14.9. The van der Waals surface area contributed by atoms with Crippen molar-refractivity contribution in [3.8, 4) is 0 Å². The molecule has 1 aliphatic carbocycles. The number of carbonyl (C=O) groups is 18. The summed E-state index contributed by atoms with van der Waals surface area (Å²) in [5.41, 5.74) is 5.40. The van der Waals surface area contributed by atoms with E-state index in [4.69, 9.17) is 17.2 Å². The van der Waals surface area contributed by atoms with Gasteiger partial charge in [-0.1, -0.05) is 65.8 Å². The van der Waals surface area contributed by atoms with Crippen LogP contribution >= 0.6 is 0 Å². The van der Waals surface area contributed by atoms with Crippen LogP contribution in [0.1, 0.15) is 221 Å². The first-order valence-corrected chi connectivity index (χ1v) is 38.3. The largest absolute Gasteiger partial charge is 0.394 e. The molecule has 0 aliphatic heterocycles. The minimum Gasteiger partial charge on any atom is -0.394 e. The molecule has 37 heteroatoms. The summed E-state index contributed by atoms with van der Waals surface area (Å²) in [4.78, 5) is 244. The number of aliphatic hydroxyl groups is 1. The van der Waals surface area contributed by atoms with Crippen LogP contribution in [-0.4, -0.2) is 205 Å². The third-order valence-corrected chi connectivity index (χ3v) is 18.8. The standard InChI is InChI=1S/C77H128N18O19/c1-39(2)33-47(38-96)83-58(102)48(27-30-53(78)98)85-64(108)71(9,10)91-61(105)51(34-40(3)4)84-59(103)49(28-31-54(79)99)86-66(110)73(13,14)94-70(114)77(21,22)95-69(113)76(19,20)90-60(104)50(29-32-55(80)100)87-65(109)72(11,12)92-62(106)52(35-41(5)6)88-67(111)74(15,16)93-68(112)75(17,18)89-57(101)42(7)81-63(107)56(82-43(8)97)46-36-44-25-23-24-26-45(44)37-46/h23-26,39-42,46-52,56,96H,27-38H2,1-22H3,(H2,78,98)(H2,79,99)(H2,80,100)(H,81,107)(H,82,97)(H,83,102)(H,84,103)(H,85,108)(H,86,110)(H,87,109)(H,88,111)(H,89,101)(H,90,104)(H,91,105)(H,92,106)(H,93,112)(H,94,114)(H,95,113)/t42-,47-,48-,49-,50-,51-,52-,56-/m0/s1. The molecule has 0 spiro atoms. The minimum atomic E-state index is -1.94. The van der Waals surface area contributed by atoms with Crippen LogP contribution in [0.15, 0.2) is 24.3 Å². The Morgan fingerprint density at radius 1 is 0.351 bits per heavy atom. The molecule has 0 bridgehead atoms. The number of benzene rings is 1. The van der Waals surface area contributed by atoms with Gasteiger partial charge >= 0.3 is 0 Å². The van der Waals surface area contributed by atoms with Crippen molar-refractivity contribution in [2.24, 2.45) is 40.9 Å². The molecule has 8 atom stereocenters. The van der Waals surface area contributed by atoms with Crippen molar-refractivity contribution in [3.63, 3.8) is 0 Å². The van der Waals surface area contributed by atoms with E-state index in [9.17, 15) is 91.4 Å². The molecule has 2 rings (SSSR count). The Balaban J connectivity index is 2.25. The fourth-order valence-electron chi connectivity index (χ4n) is 11.9. The van der Waals surface area contributed by atoms with E-state index in [2.05, 4.69) is 79.8 Å². The van der Waals surface area contributed by atoms with Crippen molar-refractivity contribution < 1.29 is 91.4 Å². The van der Waals surface area contributed by atoms with Gasteiger partial charge in [0.2, 0.25) is 106 Å². The van der Waals surface area contributed by atoms with Crippen LogP contribution in [0.4, 0.5) is 0 Å². The maximum Gasteiger partial charge on any atom is 0.246 e. The summed E-state index contributed by atoms with van der Waals surface area (Å²) in [6.07, 6.45) is -0.944. The lowest BCUT2D eigenvalue weighted by atomic mass is 9.95. The summed E-state index contributed by atoms with van der Waals surface area (Å²) in [5, 5.41) is 48.5. The van der Waals surface area contributed by atoms with Crippen molar-refractivity contribution in [2.75, 3.05) is 6.61 Å². The van der Waals surface area contributed by atoms with Crippen LogP contribution in [-0.2, 0) is 99.1 Å². The average molecular weight is 1610 g/mol. The molecule has 18 amide bonds. The van der Waals surface area contributed by atoms with Crippen molar-refractivity contribution in [1.29, 1.82) is 0 Å². The summed E-state index contributed by atoms with van der Waals surface area (Å²) < 4.78 is 0. The maximum atomic E-state index is 14.2. The zero-order chi connectivity index (χ0) is 87.9. The van der Waals surface area contributed by atoms with Gasteiger partial charge in [-0.3, -0.25) is 86.3 Å². The average Bonchev–Trinajstić information content (AvgIpc) is 1.33. The lowest BCUT2D eigenvalue weighted by molar-refractivity contribution is -0.141. The highest BCUT2D eigenvalue weighted by molar-refractivity contribution is 6.03. The summed E-state index contributed by atoms with van der Waals surface area (Å²) >= 11 is 0. The molecule has 22 N–H and O–H groups in total. The molecule has 0 saturated heterocycles. The first-order chi connectivity index (χ1) is 52.1. The number of primary amides is 3. The SMILES string of the molecule is CC(=O)N[C@H](C(=O)N[C@@H](C)C(=O)NC(C)(C)C(=O)NC(C)(C)C(=O)N[C@@H](CC(C)C)C(=O)NC(C)(C)C(=O)N[C@@H](CCC(N)=O)C(=O)NC(C)(C)C(=O)NC(C)(C)C(=O)NC(C)(C)C(=O)N[C@@H](CCC(N)=O)C(=O)N[C@@H](CC(C)C)C(=O)NC(C)(C)C(=O)N[C@@H](CCC(N)=O)C(=O)N[C@H](CO)CC(C)C)C1Cc2ccccc2C1. The highest BCUT2D eigenvalue weighted by atomic mass is 16.3. The zero-order valence-electron chi connectivity index (χ0n) is 70.3. The van der Waals surface area contributed by atoms with E-state index in [0.717, 1.165) is 11.1 Å². The minimum absolute atomic E-state index is 0.00459. The molecule has 0 heterocycles. The maximum absolute atomic E-state index is 14.2. The molecule has 114 heavy (non-hydrogen) atoms. The fourth-order valence-corrected chi connectivity index (χ4v) is 11.9. The van der Waals surface area contributed by atoms with Crippen LogP contribution in [0.5, 0.6) is 0 Å². The van der Waals surface area contributed by atoms with Gasteiger partial charge in [-0.15, -0.1) is 0 Å². The van der Waals surface area contributed by atoms with E-state index in [1.54, 1.807) is 27.7 Å². The Kier molecular flexibility index (Phi) is 36.9. The van der Waals surface area contributed by atoms with Gasteiger partial charge in [0.1, 0.15) is 81.1 Å². The molecular formula is C77H128N18O19. The second-order valence-corrected chi connectivity index (χ2v) is 34.5. The zero-order valence-corrected chi connectivity index (χ0v) is 70.3. The van der Waals surface area contributed by atoms with Crippen LogP contribution in [0.3, 0.4) is 0 Å². The monoisotopic (exact) mass is 1610 g/mol. The topological polar surface area (TPSA) is 586 Å². The van der Waals surface area contributed by atoms with Crippen molar-refractivity contribution in [2.45, 2.75) is 310 Å². The predicted molar refractivity (Wildman–Crippen MR) is 420 cm³/mol. The summed E-state index contributed by atoms with van der Waals surface area (Å²) in [6.45, 7) is 31.1. The van der Waals surface area contributed by atoms with Gasteiger partial charge in [-0.05, 0) is 190 Å². The van der Waals surface area contributed by atoms with E-state index in [-0.39, 0.29) is 49.4 Å². The van der Waals surface area contributed by atoms with Crippen LogP contribution in [0.2, 0.25) is 0 Å². The number of rotatable bonds is 46. The molecule has 37 nitrogen and oxygen atoms in total. The number of nitrogens with two attached hydrogens (primary N) is 3. The Hall–Kier alpha value is -10.4. The van der Waals surface area contributed by atoms with Crippen LogP contribution in [0.25, 0.3) is 0 Å². The van der Waals surface area contributed by atoms with E-state index >= 15 is 0 Å². The summed E-state index contributed by atoms with van der Waals surface area (Å²) in [5.74, 6) is -16.2. The third-order valence-electron chi connectivity index (χ3n) is 18.8. The fraction of sp³-hybridized carbons (Fsp3) is 0.688. The molecule has 1 aliphatic rings. The summed E-state index contributed by atoms with van der Waals surface area (Å²) in [6, 6.07) is -2.52. The number of nitrogens with one attached hydrogen (secondary N) is 15. The molecule has 1 aromatic carbocycles. The molecule has 0 aromatic heterocycles. The first kappa shape index (κ1) is 99.7. The number of aliphatic hydroxyl groups excluding tert-OH is 1. The molecular weight excluding hydrogens is 1480 g/mol. The second kappa shape index (κ2) is 42.1. The predicted octanol–water partition coefficient (Wildman–Crippen LogP) is -2.49. The molecule has 0 saturated carbocycles. The van der Waals surface area contributed by atoms with E-state index < -0.39 is 226 Å². The number of amides is 18. The van der Waals surface area contributed by atoms with Gasteiger partial charge in [0.15, 0.2) is 0 Å². The summed E-state index contributed by atoms with van der Waals surface area (Å²) in [7, 11) is 0. The van der Waals surface area contributed by atoms with Crippen molar-refractivity contribution >= 4 is 106 Å². The van der Waals surface area contributed by atoms with E-state index in [1.165, 1.54) is 111 Å². The third kappa shape index (κ3) is 32.3. The van der Waals surface area contributed by atoms with Gasteiger partial charge < -0.3 is 102 Å². The van der Waals surface area contributed by atoms with Gasteiger partial charge in [0.05, 0.1) is 12.6 Å². The molecule has 0 radical (unpaired) electrons. The van der Waals surface area contributed by atoms with Gasteiger partial charge in [-0.2, -0.15) is 0 Å². The van der Waals surface area contributed by atoms with E-state index in [0.29, 0.717) is 19.3 Å². The van der Waals surface area contributed by atoms with Gasteiger partial charge in [0, 0.05) is 26.2 Å². The smallest absolute Gasteiger partial charge is 0.246 e. The van der Waals surface area contributed by atoms with Crippen LogP contribution in [0, 0.1) is 23.7 Å². The Labute approximate surface area is 667 Å². The quantitative estimate of drug-likeness (QED) is 0.0321. The second-order valence-electron chi connectivity index (χ2n) is 34.5. The Bertz CT molecular complexity index is 3690. The van der Waals surface area contributed by atoms with Crippen molar-refractivity contribution in [1.82, 2.24) is 79.8 Å². The number of carbonyl (C=O) groups excluding carboxylic acids is 18. The number of fused-ring (bicyclic) bond motifs is 1. The molecule has 1 aromatic rings. The lowest BCUT2D eigenvalue weighted by Gasteiger charge is -2.36.